The van der Waals surface area contributed by atoms with E-state index >= 15 is 0 Å². The molecule has 3 aromatic rings. The Hall–Kier alpha value is -3.14. The van der Waals surface area contributed by atoms with Crippen molar-refractivity contribution in [3.63, 3.8) is 0 Å². The molecule has 8 nitrogen and oxygen atoms in total. The third-order valence-corrected chi connectivity index (χ3v) is 7.29. The number of hydrogen-bond donors (Lipinski definition) is 4. The van der Waals surface area contributed by atoms with E-state index in [-0.39, 0.29) is 22.0 Å². The first kappa shape index (κ1) is 20.7. The van der Waals surface area contributed by atoms with E-state index in [1.165, 1.54) is 4.68 Å². The maximum atomic E-state index is 13.6. The predicted octanol–water partition coefficient (Wildman–Crippen LogP) is 5.02. The molecule has 1 saturated carbocycles. The molecule has 4 N–H and O–H groups in total. The van der Waals surface area contributed by atoms with Gasteiger partial charge in [0.15, 0.2) is 5.84 Å². The Kier molecular flexibility index (Phi) is 5.04. The van der Waals surface area contributed by atoms with Crippen LogP contribution in [0.2, 0.25) is 0 Å². The lowest BCUT2D eigenvalue weighted by atomic mass is 9.89. The lowest BCUT2D eigenvalue weighted by Gasteiger charge is -2.34. The summed E-state index contributed by atoms with van der Waals surface area (Å²) in [7, 11) is -3.54. The molecule has 1 fully saturated rings. The summed E-state index contributed by atoms with van der Waals surface area (Å²) < 4.78 is 26.5. The lowest BCUT2D eigenvalue weighted by Crippen LogP contribution is -2.31. The van der Waals surface area contributed by atoms with E-state index in [0.29, 0.717) is 22.5 Å². The fourth-order valence-corrected chi connectivity index (χ4v) is 5.52. The average molecular weight is 453 g/mol. The van der Waals surface area contributed by atoms with Gasteiger partial charge in [-0.1, -0.05) is 42.0 Å². The molecule has 2 heterocycles. The van der Waals surface area contributed by atoms with Gasteiger partial charge in [-0.25, -0.2) is 0 Å². The lowest BCUT2D eigenvalue weighted by molar-refractivity contribution is 0.477. The molecule has 0 saturated heterocycles. The molecule has 166 valence electrons. The number of pyridine rings is 1. The van der Waals surface area contributed by atoms with E-state index in [0.717, 1.165) is 31.4 Å². The van der Waals surface area contributed by atoms with Crippen LogP contribution in [0.5, 0.6) is 5.75 Å². The Morgan fingerprint density at radius 1 is 1.16 bits per heavy atom. The van der Waals surface area contributed by atoms with Gasteiger partial charge < -0.3 is 10.4 Å². The summed E-state index contributed by atoms with van der Waals surface area (Å²) in [6.07, 6.45) is 3.77. The van der Waals surface area contributed by atoms with Crippen LogP contribution in [0, 0.1) is 5.92 Å². The van der Waals surface area contributed by atoms with Crippen molar-refractivity contribution in [1.29, 1.82) is 0 Å². The third kappa shape index (κ3) is 3.48. The topological polar surface area (TPSA) is 119 Å². The van der Waals surface area contributed by atoms with Crippen LogP contribution in [0.4, 0.5) is 5.69 Å². The normalized spacial score (nSPS) is 22.2. The molecule has 0 bridgehead atoms. The van der Waals surface area contributed by atoms with Crippen LogP contribution in [0.25, 0.3) is 10.9 Å². The Morgan fingerprint density at radius 3 is 2.72 bits per heavy atom. The molecule has 32 heavy (non-hydrogen) atoms. The average Bonchev–Trinajstić information content (AvgIpc) is 2.76. The van der Waals surface area contributed by atoms with Gasteiger partial charge in [0, 0.05) is 11.1 Å². The van der Waals surface area contributed by atoms with Crippen LogP contribution in [0.1, 0.15) is 38.2 Å². The quantitative estimate of drug-likeness (QED) is 0.435. The highest BCUT2D eigenvalue weighted by atomic mass is 32.3. The van der Waals surface area contributed by atoms with Gasteiger partial charge in [-0.05, 0) is 55.9 Å². The number of nitrogens with zero attached hydrogens (tertiary/aromatic N) is 3. The standard InChI is InChI=1S/C23H24N4O4S/c1-14-7-6-8-15(13-14)25-27-18-11-4-2-9-16(18)21(28)20(23(27)29)22-24-17-10-3-5-12-19(17)32(30,31)26-22/h2-5,9-12,14,28,30-31H,6-8,13H2,1H3,(H,24,26)/t14-/m1/s1. The van der Waals surface area contributed by atoms with Gasteiger partial charge in [0.05, 0.1) is 11.2 Å². The molecule has 1 aliphatic carbocycles. The summed E-state index contributed by atoms with van der Waals surface area (Å²) in [6.45, 7) is 2.17. The highest BCUT2D eigenvalue weighted by Crippen LogP contribution is 2.55. The highest BCUT2D eigenvalue weighted by molar-refractivity contribution is 8.23. The zero-order chi connectivity index (χ0) is 22.5. The Bertz CT molecular complexity index is 1350. The summed E-state index contributed by atoms with van der Waals surface area (Å²) in [5, 5.41) is 19.1. The SMILES string of the molecule is C[C@@H]1CCCC(=Nn2c(=O)c(C3=NS(O)(O)c4ccccc4N3)c(O)c3ccccc32)C1. The second-order valence-electron chi connectivity index (χ2n) is 8.31. The van der Waals surface area contributed by atoms with Gasteiger partial charge in [-0.3, -0.25) is 13.9 Å². The number of fused-ring (bicyclic) bond motifs is 2. The van der Waals surface area contributed by atoms with Gasteiger partial charge in [-0.15, -0.1) is 4.40 Å². The first-order valence-electron chi connectivity index (χ1n) is 10.5. The van der Waals surface area contributed by atoms with E-state index in [4.69, 9.17) is 0 Å². The summed E-state index contributed by atoms with van der Waals surface area (Å²) in [5.41, 5.74) is 1.11. The molecule has 0 amide bonds. The van der Waals surface area contributed by atoms with Gasteiger partial charge in [0.25, 0.3) is 5.56 Å². The number of amidine groups is 1. The van der Waals surface area contributed by atoms with Crippen LogP contribution < -0.4 is 10.9 Å². The summed E-state index contributed by atoms with van der Waals surface area (Å²) in [6, 6.07) is 13.6. The van der Waals surface area contributed by atoms with Crippen molar-refractivity contribution < 1.29 is 14.2 Å². The summed E-state index contributed by atoms with van der Waals surface area (Å²) >= 11 is 0. The summed E-state index contributed by atoms with van der Waals surface area (Å²) in [4.78, 5) is 13.8. The smallest absolute Gasteiger partial charge is 0.286 e. The number of aromatic hydroxyl groups is 1. The molecule has 1 aromatic heterocycles. The summed E-state index contributed by atoms with van der Waals surface area (Å²) in [5.74, 6) is 0.123. The Balaban J connectivity index is 1.74. The van der Waals surface area contributed by atoms with Crippen molar-refractivity contribution in [3.8, 4) is 5.75 Å². The van der Waals surface area contributed by atoms with Gasteiger partial charge in [0.2, 0.25) is 0 Å². The van der Waals surface area contributed by atoms with E-state index < -0.39 is 16.3 Å². The Morgan fingerprint density at radius 2 is 1.91 bits per heavy atom. The number of aromatic nitrogens is 1. The molecule has 0 unspecified atom stereocenters. The number of anilines is 1. The molecule has 1 aliphatic heterocycles. The number of rotatable bonds is 2. The van der Waals surface area contributed by atoms with E-state index in [9.17, 15) is 19.0 Å². The second kappa shape index (κ2) is 7.77. The zero-order valence-corrected chi connectivity index (χ0v) is 18.3. The first-order chi connectivity index (χ1) is 15.3. The monoisotopic (exact) mass is 452 g/mol. The van der Waals surface area contributed by atoms with Crippen molar-refractivity contribution in [2.24, 2.45) is 15.4 Å². The highest BCUT2D eigenvalue weighted by Gasteiger charge is 2.30. The van der Waals surface area contributed by atoms with Crippen molar-refractivity contribution in [1.82, 2.24) is 4.68 Å². The molecular weight excluding hydrogens is 428 g/mol. The minimum Gasteiger partial charge on any atom is -0.506 e. The van der Waals surface area contributed by atoms with Crippen LogP contribution >= 0.6 is 10.8 Å². The van der Waals surface area contributed by atoms with Crippen LogP contribution in [-0.2, 0) is 0 Å². The van der Waals surface area contributed by atoms with Gasteiger partial charge >= 0.3 is 0 Å². The maximum Gasteiger partial charge on any atom is 0.286 e. The molecule has 9 heteroatoms. The predicted molar refractivity (Wildman–Crippen MR) is 128 cm³/mol. The molecular formula is C23H24N4O4S. The van der Waals surface area contributed by atoms with Crippen molar-refractivity contribution >= 4 is 38.9 Å². The van der Waals surface area contributed by atoms with Crippen molar-refractivity contribution in [3.05, 3.63) is 64.4 Å². The van der Waals surface area contributed by atoms with Gasteiger partial charge in [0.1, 0.15) is 16.2 Å². The van der Waals surface area contributed by atoms with E-state index in [2.05, 4.69) is 21.7 Å². The fourth-order valence-electron chi connectivity index (χ4n) is 4.36. The van der Waals surface area contributed by atoms with E-state index in [1.807, 2.05) is 0 Å². The van der Waals surface area contributed by atoms with E-state index in [1.54, 1.807) is 48.5 Å². The minimum absolute atomic E-state index is 0.0945. The van der Waals surface area contributed by atoms with Crippen LogP contribution in [-0.4, -0.2) is 30.4 Å². The van der Waals surface area contributed by atoms with Gasteiger partial charge in [-0.2, -0.15) is 9.78 Å². The zero-order valence-electron chi connectivity index (χ0n) is 17.5. The number of para-hydroxylation sites is 2. The number of nitrogens with one attached hydrogen (secondary N) is 1. The molecule has 1 atom stereocenters. The molecule has 0 radical (unpaired) electrons. The largest absolute Gasteiger partial charge is 0.506 e. The Labute approximate surface area is 186 Å². The fraction of sp³-hybridized carbons (Fsp3) is 0.261. The molecule has 2 aromatic carbocycles. The van der Waals surface area contributed by atoms with Crippen molar-refractivity contribution in [2.75, 3.05) is 5.32 Å². The van der Waals surface area contributed by atoms with Crippen LogP contribution in [0.3, 0.4) is 0 Å². The minimum atomic E-state index is -3.54. The maximum absolute atomic E-state index is 13.6. The first-order valence-corrected chi connectivity index (χ1v) is 12.0. The number of benzene rings is 2. The molecule has 5 rings (SSSR count). The second-order valence-corrected chi connectivity index (χ2v) is 9.97. The molecule has 2 aliphatic rings. The molecule has 0 spiro atoms. The number of hydrogen-bond acceptors (Lipinski definition) is 7. The third-order valence-electron chi connectivity index (χ3n) is 5.91. The van der Waals surface area contributed by atoms with Crippen molar-refractivity contribution in [2.45, 2.75) is 37.5 Å². The van der Waals surface area contributed by atoms with Crippen LogP contribution in [0.15, 0.2) is 67.7 Å².